The summed E-state index contributed by atoms with van der Waals surface area (Å²) in [6.07, 6.45) is 1.63. The maximum atomic E-state index is 13.0. The highest BCUT2D eigenvalue weighted by Crippen LogP contribution is 2.26. The van der Waals surface area contributed by atoms with E-state index in [1.54, 1.807) is 29.8 Å². The zero-order valence-corrected chi connectivity index (χ0v) is 22.4. The van der Waals surface area contributed by atoms with Crippen molar-refractivity contribution in [1.29, 1.82) is 0 Å². The molecular weight excluding hydrogens is 512 g/mol. The minimum Gasteiger partial charge on any atom is -0.497 e. The van der Waals surface area contributed by atoms with Crippen molar-refractivity contribution < 1.29 is 19.1 Å². The molecule has 0 aliphatic carbocycles. The number of carbonyl (C=O) groups excluding carboxylic acids is 2. The number of thioether (sulfide) groups is 1. The molecule has 0 aliphatic rings. The van der Waals surface area contributed by atoms with Crippen LogP contribution in [0.5, 0.6) is 11.5 Å². The third-order valence-electron chi connectivity index (χ3n) is 5.34. The highest BCUT2D eigenvalue weighted by molar-refractivity contribution is 7.99. The summed E-state index contributed by atoms with van der Waals surface area (Å²) in [6.45, 7) is 4.10. The molecule has 10 nitrogen and oxygen atoms in total. The molecule has 2 amide bonds. The summed E-state index contributed by atoms with van der Waals surface area (Å²) < 4.78 is 12.4. The van der Waals surface area contributed by atoms with Crippen molar-refractivity contribution in [3.63, 3.8) is 0 Å². The topological polar surface area (TPSA) is 120 Å². The predicted molar refractivity (Wildman–Crippen MR) is 143 cm³/mol. The van der Waals surface area contributed by atoms with Crippen LogP contribution in [0.15, 0.2) is 53.1 Å². The summed E-state index contributed by atoms with van der Waals surface area (Å²) in [5, 5.41) is 17.2. The van der Waals surface area contributed by atoms with Crippen LogP contribution in [0.4, 0.5) is 5.13 Å². The van der Waals surface area contributed by atoms with Crippen molar-refractivity contribution >= 4 is 40.0 Å². The van der Waals surface area contributed by atoms with E-state index in [9.17, 15) is 9.59 Å². The molecule has 4 aromatic rings. The molecule has 0 aliphatic heterocycles. The zero-order chi connectivity index (χ0) is 26.4. The Morgan fingerprint density at radius 2 is 1.81 bits per heavy atom. The summed E-state index contributed by atoms with van der Waals surface area (Å²) in [5.41, 5.74) is 3.33. The SMILES string of the molecule is COc1cc(OC)cc(C(=O)NCc2nnc(SCC(=O)Nc3nccs3)n2-c2cc(C)ccc2C)c1. The van der Waals surface area contributed by atoms with Crippen molar-refractivity contribution in [2.45, 2.75) is 25.5 Å². The second-order valence-electron chi connectivity index (χ2n) is 7.98. The van der Waals surface area contributed by atoms with Gasteiger partial charge in [0.25, 0.3) is 5.91 Å². The number of amides is 2. The van der Waals surface area contributed by atoms with E-state index in [4.69, 9.17) is 9.47 Å². The van der Waals surface area contributed by atoms with Gasteiger partial charge in [-0.3, -0.25) is 14.2 Å². The first-order valence-corrected chi connectivity index (χ1v) is 13.1. The maximum Gasteiger partial charge on any atom is 0.251 e. The number of ether oxygens (including phenoxy) is 2. The Hall–Kier alpha value is -3.90. The monoisotopic (exact) mass is 538 g/mol. The predicted octanol–water partition coefficient (Wildman–Crippen LogP) is 4.02. The third-order valence-corrected chi connectivity index (χ3v) is 6.96. The lowest BCUT2D eigenvalue weighted by Gasteiger charge is -2.14. The lowest BCUT2D eigenvalue weighted by molar-refractivity contribution is -0.113. The van der Waals surface area contributed by atoms with Gasteiger partial charge in [0.2, 0.25) is 5.91 Å². The van der Waals surface area contributed by atoms with Gasteiger partial charge >= 0.3 is 0 Å². The average Bonchev–Trinajstić information content (AvgIpc) is 3.56. The lowest BCUT2D eigenvalue weighted by Crippen LogP contribution is -2.25. The molecular formula is C25H26N6O4S2. The van der Waals surface area contributed by atoms with Gasteiger partial charge in [-0.15, -0.1) is 21.5 Å². The molecule has 0 fully saturated rings. The highest BCUT2D eigenvalue weighted by atomic mass is 32.2. The van der Waals surface area contributed by atoms with Crippen molar-refractivity contribution in [2.75, 3.05) is 25.3 Å². The normalized spacial score (nSPS) is 10.7. The molecule has 2 N–H and O–H groups in total. The van der Waals surface area contributed by atoms with E-state index in [1.165, 1.54) is 37.3 Å². The average molecular weight is 539 g/mol. The third kappa shape index (κ3) is 6.46. The summed E-state index contributed by atoms with van der Waals surface area (Å²) in [5.74, 6) is 1.16. The lowest BCUT2D eigenvalue weighted by atomic mass is 10.1. The molecule has 192 valence electrons. The Morgan fingerprint density at radius 3 is 2.49 bits per heavy atom. The summed E-state index contributed by atoms with van der Waals surface area (Å²) >= 11 is 2.61. The number of nitrogens with zero attached hydrogens (tertiary/aromatic N) is 4. The van der Waals surface area contributed by atoms with E-state index in [0.717, 1.165) is 16.8 Å². The van der Waals surface area contributed by atoms with Gasteiger partial charge in [-0.25, -0.2) is 4.98 Å². The second kappa shape index (κ2) is 11.9. The molecule has 12 heteroatoms. The minimum absolute atomic E-state index is 0.116. The molecule has 2 heterocycles. The van der Waals surface area contributed by atoms with Gasteiger partial charge < -0.3 is 20.1 Å². The van der Waals surface area contributed by atoms with E-state index >= 15 is 0 Å². The summed E-state index contributed by atoms with van der Waals surface area (Å²) in [4.78, 5) is 29.5. The Labute approximate surface area is 222 Å². The van der Waals surface area contributed by atoms with Crippen LogP contribution in [0.25, 0.3) is 5.69 Å². The molecule has 0 unspecified atom stereocenters. The van der Waals surface area contributed by atoms with Crippen molar-refractivity contribution in [1.82, 2.24) is 25.1 Å². The van der Waals surface area contributed by atoms with Crippen LogP contribution >= 0.6 is 23.1 Å². The van der Waals surface area contributed by atoms with Crippen molar-refractivity contribution in [3.8, 4) is 17.2 Å². The molecule has 0 spiro atoms. The Bertz CT molecular complexity index is 1380. The number of benzene rings is 2. The van der Waals surface area contributed by atoms with Crippen LogP contribution in [-0.2, 0) is 11.3 Å². The van der Waals surface area contributed by atoms with Crippen LogP contribution in [-0.4, -0.2) is 51.5 Å². The molecule has 0 radical (unpaired) electrons. The Kier molecular flexibility index (Phi) is 8.41. The summed E-state index contributed by atoms with van der Waals surface area (Å²) in [7, 11) is 3.05. The number of anilines is 1. The number of aromatic nitrogens is 4. The van der Waals surface area contributed by atoms with Gasteiger partial charge in [0.15, 0.2) is 16.1 Å². The van der Waals surface area contributed by atoms with Crippen LogP contribution in [0.1, 0.15) is 27.3 Å². The fraction of sp³-hybridized carbons (Fsp3) is 0.240. The Balaban J connectivity index is 1.56. The van der Waals surface area contributed by atoms with Gasteiger partial charge in [0, 0.05) is 23.2 Å². The molecule has 0 atom stereocenters. The largest absolute Gasteiger partial charge is 0.497 e. The number of hydrogen-bond donors (Lipinski definition) is 2. The fourth-order valence-corrected chi connectivity index (χ4v) is 4.79. The zero-order valence-electron chi connectivity index (χ0n) is 20.8. The Morgan fingerprint density at radius 1 is 1.05 bits per heavy atom. The molecule has 0 saturated carbocycles. The number of thiazole rings is 1. The van der Waals surface area contributed by atoms with E-state index in [-0.39, 0.29) is 24.1 Å². The second-order valence-corrected chi connectivity index (χ2v) is 9.82. The van der Waals surface area contributed by atoms with E-state index < -0.39 is 0 Å². The van der Waals surface area contributed by atoms with Crippen LogP contribution in [0.2, 0.25) is 0 Å². The number of carbonyl (C=O) groups is 2. The quantitative estimate of drug-likeness (QED) is 0.291. The molecule has 0 saturated heterocycles. The van der Waals surface area contributed by atoms with Gasteiger partial charge in [-0.05, 0) is 43.2 Å². The standard InChI is InChI=1S/C25H26N6O4S2/c1-15-5-6-16(2)20(9-15)31-21(13-27-23(33)17-10-18(34-3)12-19(11-17)35-4)29-30-25(31)37-14-22(32)28-24-26-7-8-36-24/h5-12H,13-14H2,1-4H3,(H,27,33)(H,26,28,32). The minimum atomic E-state index is -0.315. The number of rotatable bonds is 10. The molecule has 2 aromatic carbocycles. The van der Waals surface area contributed by atoms with E-state index in [0.29, 0.717) is 33.2 Å². The van der Waals surface area contributed by atoms with Crippen molar-refractivity contribution in [3.05, 3.63) is 70.5 Å². The van der Waals surface area contributed by atoms with E-state index in [1.807, 2.05) is 36.6 Å². The number of hydrogen-bond acceptors (Lipinski definition) is 9. The first-order chi connectivity index (χ1) is 17.9. The van der Waals surface area contributed by atoms with Gasteiger partial charge in [0.05, 0.1) is 32.2 Å². The van der Waals surface area contributed by atoms with Crippen LogP contribution in [0.3, 0.4) is 0 Å². The highest BCUT2D eigenvalue weighted by Gasteiger charge is 2.19. The molecule has 4 rings (SSSR count). The molecule has 37 heavy (non-hydrogen) atoms. The first kappa shape index (κ1) is 26.2. The van der Waals surface area contributed by atoms with Crippen LogP contribution < -0.4 is 20.1 Å². The first-order valence-electron chi connectivity index (χ1n) is 11.2. The van der Waals surface area contributed by atoms with Gasteiger partial charge in [-0.1, -0.05) is 23.9 Å². The number of methoxy groups -OCH3 is 2. The molecule has 2 aromatic heterocycles. The van der Waals surface area contributed by atoms with Crippen LogP contribution in [0, 0.1) is 13.8 Å². The maximum absolute atomic E-state index is 13.0. The van der Waals surface area contributed by atoms with E-state index in [2.05, 4.69) is 25.8 Å². The van der Waals surface area contributed by atoms with Crippen molar-refractivity contribution in [2.24, 2.45) is 0 Å². The van der Waals surface area contributed by atoms with Gasteiger partial charge in [0.1, 0.15) is 11.5 Å². The number of nitrogens with one attached hydrogen (secondary N) is 2. The van der Waals surface area contributed by atoms with Gasteiger partial charge in [-0.2, -0.15) is 0 Å². The fourth-order valence-electron chi connectivity index (χ4n) is 3.48. The summed E-state index contributed by atoms with van der Waals surface area (Å²) in [6, 6.07) is 11.0. The molecule has 0 bridgehead atoms. The smallest absolute Gasteiger partial charge is 0.251 e. The number of aryl methyl sites for hydroxylation is 2.